The summed E-state index contributed by atoms with van der Waals surface area (Å²) in [5.74, 6) is -1.20. The Labute approximate surface area is 73.0 Å². The van der Waals surface area contributed by atoms with E-state index in [1.165, 1.54) is 0 Å². The highest BCUT2D eigenvalue weighted by molar-refractivity contribution is 5.70. The van der Waals surface area contributed by atoms with Gasteiger partial charge in [0, 0.05) is 0 Å². The van der Waals surface area contributed by atoms with Crippen molar-refractivity contribution in [2.75, 3.05) is 21.1 Å². The molecular weight excluding hydrogens is 158 g/mol. The van der Waals surface area contributed by atoms with Gasteiger partial charge in [-0.2, -0.15) is 0 Å². The minimum atomic E-state index is -1.20. The van der Waals surface area contributed by atoms with Gasteiger partial charge in [0.25, 0.3) is 0 Å². The summed E-state index contributed by atoms with van der Waals surface area (Å²) in [7, 11) is 5.16. The van der Waals surface area contributed by atoms with Gasteiger partial charge in [-0.3, -0.25) is 0 Å². The van der Waals surface area contributed by atoms with Crippen LogP contribution >= 0.6 is 0 Å². The Morgan fingerprint density at radius 3 is 2.00 bits per heavy atom. The van der Waals surface area contributed by atoms with Crippen LogP contribution in [0, 0.1) is 0 Å². The maximum absolute atomic E-state index is 10.7. The molecule has 0 amide bonds. The van der Waals surface area contributed by atoms with Crippen LogP contribution in [-0.2, 0) is 4.79 Å². The predicted molar refractivity (Wildman–Crippen MR) is 43.1 cm³/mol. The lowest BCUT2D eigenvalue weighted by atomic mass is 10.1. The molecule has 0 spiro atoms. The average molecular weight is 175 g/mol. The number of quaternary nitrogens is 1. The molecule has 0 bridgehead atoms. The van der Waals surface area contributed by atoms with Crippen LogP contribution in [0.3, 0.4) is 0 Å². The van der Waals surface area contributed by atoms with Gasteiger partial charge in [0.15, 0.2) is 6.04 Å². The van der Waals surface area contributed by atoms with Crippen molar-refractivity contribution >= 4 is 5.97 Å². The number of carboxylic acid groups (broad SMARTS) is 1. The smallest absolute Gasteiger partial charge is 0.155 e. The lowest BCUT2D eigenvalue weighted by molar-refractivity contribution is -0.893. The largest absolute Gasteiger partial charge is 0.544 e. The molecule has 0 aliphatic heterocycles. The van der Waals surface area contributed by atoms with E-state index in [4.69, 9.17) is 0 Å². The van der Waals surface area contributed by atoms with Crippen LogP contribution in [0.4, 0.5) is 0 Å². The number of aliphatic carboxylic acids is 1. The Bertz CT molecular complexity index is 162. The molecule has 4 nitrogen and oxygen atoms in total. The highest BCUT2D eigenvalue weighted by Crippen LogP contribution is 2.09. The topological polar surface area (TPSA) is 60.4 Å². The fourth-order valence-corrected chi connectivity index (χ4v) is 1.21. The third-order valence-corrected chi connectivity index (χ3v) is 1.86. The van der Waals surface area contributed by atoms with Gasteiger partial charge in [-0.05, 0) is 6.42 Å². The molecule has 0 fully saturated rings. The second-order valence-corrected chi connectivity index (χ2v) is 3.86. The molecule has 0 radical (unpaired) electrons. The highest BCUT2D eigenvalue weighted by Gasteiger charge is 2.31. The Morgan fingerprint density at radius 2 is 1.92 bits per heavy atom. The number of aliphatic hydroxyl groups is 1. The molecule has 0 saturated heterocycles. The summed E-state index contributed by atoms with van der Waals surface area (Å²) in [5, 5.41) is 20.0. The third-order valence-electron chi connectivity index (χ3n) is 1.86. The van der Waals surface area contributed by atoms with E-state index in [-0.39, 0.29) is 4.48 Å². The number of hydrogen-bond donors (Lipinski definition) is 1. The van der Waals surface area contributed by atoms with Crippen LogP contribution in [0.2, 0.25) is 0 Å². The Morgan fingerprint density at radius 1 is 1.50 bits per heavy atom. The zero-order valence-electron chi connectivity index (χ0n) is 8.07. The normalized spacial score (nSPS) is 17.1. The van der Waals surface area contributed by atoms with Gasteiger partial charge in [0.05, 0.1) is 21.1 Å². The number of carbonyl (C=O) groups excluding carboxylic acids is 1. The van der Waals surface area contributed by atoms with Gasteiger partial charge in [0.1, 0.15) is 12.1 Å². The first-order chi connectivity index (χ1) is 5.30. The first kappa shape index (κ1) is 11.4. The van der Waals surface area contributed by atoms with Crippen molar-refractivity contribution in [2.24, 2.45) is 0 Å². The molecule has 0 aliphatic carbocycles. The molecule has 0 rings (SSSR count). The van der Waals surface area contributed by atoms with Crippen LogP contribution < -0.4 is 5.11 Å². The van der Waals surface area contributed by atoms with E-state index in [9.17, 15) is 15.0 Å². The van der Waals surface area contributed by atoms with Crippen molar-refractivity contribution in [3.8, 4) is 0 Å². The molecule has 72 valence electrons. The van der Waals surface area contributed by atoms with Crippen molar-refractivity contribution < 1.29 is 19.5 Å². The number of carbonyl (C=O) groups is 1. The highest BCUT2D eigenvalue weighted by atomic mass is 16.4. The molecule has 12 heavy (non-hydrogen) atoms. The fourth-order valence-electron chi connectivity index (χ4n) is 1.21. The maximum Gasteiger partial charge on any atom is 0.155 e. The van der Waals surface area contributed by atoms with Gasteiger partial charge < -0.3 is 19.5 Å². The molecule has 0 heterocycles. The molecule has 0 aromatic carbocycles. The Balaban J connectivity index is 4.56. The Kier molecular flexibility index (Phi) is 3.67. The summed E-state index contributed by atoms with van der Waals surface area (Å²) >= 11 is 0. The van der Waals surface area contributed by atoms with Gasteiger partial charge in [0.2, 0.25) is 0 Å². The average Bonchev–Trinajstić information content (AvgIpc) is 1.83. The quantitative estimate of drug-likeness (QED) is 0.534. The van der Waals surface area contributed by atoms with Crippen LogP contribution in [-0.4, -0.2) is 48.8 Å². The lowest BCUT2D eigenvalue weighted by Gasteiger charge is -2.37. The molecule has 4 heteroatoms. The van der Waals surface area contributed by atoms with Crippen LogP contribution in [0.25, 0.3) is 0 Å². The molecule has 1 N–H and O–H groups in total. The van der Waals surface area contributed by atoms with E-state index in [1.807, 2.05) is 0 Å². The summed E-state index contributed by atoms with van der Waals surface area (Å²) < 4.78 is 0.178. The van der Waals surface area contributed by atoms with Crippen molar-refractivity contribution in [1.29, 1.82) is 0 Å². The number of nitrogens with zero attached hydrogens (tertiary/aromatic N) is 1. The molecule has 0 aliphatic rings. The summed E-state index contributed by atoms with van der Waals surface area (Å²) in [6.45, 7) is 1.75. The minimum absolute atomic E-state index is 0.178. The monoisotopic (exact) mass is 175 g/mol. The first-order valence-corrected chi connectivity index (χ1v) is 4.00. The summed E-state index contributed by atoms with van der Waals surface area (Å²) in [6.07, 6.45) is -0.413. The molecule has 2 atom stereocenters. The first-order valence-electron chi connectivity index (χ1n) is 4.00. The second-order valence-electron chi connectivity index (χ2n) is 3.86. The molecule has 0 aromatic heterocycles. The summed E-state index contributed by atoms with van der Waals surface area (Å²) in [4.78, 5) is 10.7. The van der Waals surface area contributed by atoms with Crippen molar-refractivity contribution in [1.82, 2.24) is 0 Å². The molecule has 2 unspecified atom stereocenters. The van der Waals surface area contributed by atoms with E-state index < -0.39 is 18.1 Å². The number of likely N-dealkylation sites (N-methyl/N-ethyl adjacent to an activating group) is 1. The zero-order chi connectivity index (χ0) is 9.94. The zero-order valence-corrected chi connectivity index (χ0v) is 8.07. The number of aliphatic hydroxyl groups excluding tert-OH is 1. The number of hydrogen-bond acceptors (Lipinski definition) is 3. The van der Waals surface area contributed by atoms with E-state index in [0.717, 1.165) is 0 Å². The summed E-state index contributed by atoms with van der Waals surface area (Å²) in [5.41, 5.74) is 0. The molecule has 0 saturated carbocycles. The summed E-state index contributed by atoms with van der Waals surface area (Å²) in [6, 6.07) is -0.852. The third kappa shape index (κ3) is 2.79. The second kappa shape index (κ2) is 3.87. The maximum atomic E-state index is 10.7. The van der Waals surface area contributed by atoms with Gasteiger partial charge in [-0.1, -0.05) is 6.92 Å². The van der Waals surface area contributed by atoms with E-state index in [1.54, 1.807) is 28.1 Å². The van der Waals surface area contributed by atoms with Crippen LogP contribution in [0.15, 0.2) is 0 Å². The van der Waals surface area contributed by atoms with Gasteiger partial charge >= 0.3 is 0 Å². The SMILES string of the molecule is CCC(O)C(C(=O)[O-])[N+](C)(C)C. The fraction of sp³-hybridized carbons (Fsp3) is 0.875. The van der Waals surface area contributed by atoms with E-state index >= 15 is 0 Å². The standard InChI is InChI=1S/C8H17NO3/c1-5-6(10)7(8(11)12)9(2,3)4/h6-7,10H,5H2,1-4H3. The van der Waals surface area contributed by atoms with E-state index in [0.29, 0.717) is 6.42 Å². The predicted octanol–water partition coefficient (Wildman–Crippen LogP) is -1.42. The van der Waals surface area contributed by atoms with Gasteiger partial charge in [-0.15, -0.1) is 0 Å². The Hall–Kier alpha value is -0.610. The molecule has 0 aromatic rings. The minimum Gasteiger partial charge on any atom is -0.544 e. The van der Waals surface area contributed by atoms with Crippen LogP contribution in [0.1, 0.15) is 13.3 Å². The van der Waals surface area contributed by atoms with Crippen molar-refractivity contribution in [3.63, 3.8) is 0 Å². The lowest BCUT2D eigenvalue weighted by Crippen LogP contribution is -2.60. The number of carboxylic acids is 1. The van der Waals surface area contributed by atoms with Gasteiger partial charge in [-0.25, -0.2) is 0 Å². The molecular formula is C8H17NO3. The number of rotatable bonds is 4. The van der Waals surface area contributed by atoms with E-state index in [2.05, 4.69) is 0 Å². The van der Waals surface area contributed by atoms with Crippen molar-refractivity contribution in [2.45, 2.75) is 25.5 Å². The van der Waals surface area contributed by atoms with Crippen LogP contribution in [0.5, 0.6) is 0 Å². The van der Waals surface area contributed by atoms with Crippen molar-refractivity contribution in [3.05, 3.63) is 0 Å².